The van der Waals surface area contributed by atoms with Gasteiger partial charge in [0.05, 0.1) is 5.92 Å². The Morgan fingerprint density at radius 2 is 1.67 bits per heavy atom. The molecule has 1 saturated carbocycles. The van der Waals surface area contributed by atoms with Gasteiger partial charge in [-0.1, -0.05) is 61.0 Å². The molecule has 4 rings (SSSR count). The van der Waals surface area contributed by atoms with Crippen LogP contribution in [0.15, 0.2) is 60.2 Å². The summed E-state index contributed by atoms with van der Waals surface area (Å²) in [4.78, 5) is 35.9. The fraction of sp³-hybridized carbons (Fsp3) is 0.346. The lowest BCUT2D eigenvalue weighted by atomic mass is 9.98. The predicted octanol–water partition coefficient (Wildman–Crippen LogP) is 3.84. The fourth-order valence-corrected chi connectivity index (χ4v) is 4.74. The number of carboxylic acid groups (broad SMARTS) is 1. The molecule has 2 aromatic carbocycles. The quantitative estimate of drug-likeness (QED) is 0.558. The van der Waals surface area contributed by atoms with Crippen LogP contribution in [-0.2, 0) is 14.3 Å². The van der Waals surface area contributed by atoms with E-state index in [1.807, 2.05) is 24.3 Å². The first kappa shape index (κ1) is 22.6. The average Bonchev–Trinajstić information content (AvgIpc) is 3.40. The Bertz CT molecular complexity index is 1050. The highest BCUT2D eigenvalue weighted by Gasteiger charge is 2.34. The van der Waals surface area contributed by atoms with E-state index in [0.717, 1.165) is 17.5 Å². The number of carboxylic acids is 1. The monoisotopic (exact) mass is 448 g/mol. The van der Waals surface area contributed by atoms with Gasteiger partial charge >= 0.3 is 12.1 Å². The normalized spacial score (nSPS) is 19.5. The molecule has 7 nitrogen and oxygen atoms in total. The summed E-state index contributed by atoms with van der Waals surface area (Å²) in [7, 11) is 0. The topological polar surface area (TPSA) is 105 Å². The molecule has 0 radical (unpaired) electrons. The third-order valence-corrected chi connectivity index (χ3v) is 6.51. The first-order valence-electron chi connectivity index (χ1n) is 11.2. The van der Waals surface area contributed by atoms with E-state index in [2.05, 4.69) is 34.9 Å². The molecular weight excluding hydrogens is 420 g/mol. The zero-order valence-corrected chi connectivity index (χ0v) is 18.5. The Kier molecular flexibility index (Phi) is 6.77. The Hall–Kier alpha value is -3.61. The van der Waals surface area contributed by atoms with Crippen LogP contribution in [0.2, 0.25) is 0 Å². The van der Waals surface area contributed by atoms with Gasteiger partial charge < -0.3 is 20.5 Å². The number of hydrogen-bond donors (Lipinski definition) is 3. The number of ether oxygens (including phenoxy) is 1. The van der Waals surface area contributed by atoms with Crippen molar-refractivity contribution >= 4 is 18.0 Å². The van der Waals surface area contributed by atoms with Gasteiger partial charge in [-0.25, -0.2) is 4.79 Å². The van der Waals surface area contributed by atoms with Gasteiger partial charge in [0.15, 0.2) is 0 Å². The maximum atomic E-state index is 12.4. The molecule has 1 fully saturated rings. The molecule has 0 saturated heterocycles. The molecule has 7 heteroatoms. The van der Waals surface area contributed by atoms with E-state index < -0.39 is 18.0 Å². The molecule has 0 aliphatic heterocycles. The number of rotatable bonds is 7. The molecule has 2 amide bonds. The molecule has 0 heterocycles. The maximum Gasteiger partial charge on any atom is 0.407 e. The van der Waals surface area contributed by atoms with Crippen molar-refractivity contribution in [3.63, 3.8) is 0 Å². The second-order valence-electron chi connectivity index (χ2n) is 8.55. The third kappa shape index (κ3) is 4.92. The Labute approximate surface area is 192 Å². The van der Waals surface area contributed by atoms with Gasteiger partial charge in [0.25, 0.3) is 0 Å². The lowest BCUT2D eigenvalue weighted by Gasteiger charge is -2.17. The summed E-state index contributed by atoms with van der Waals surface area (Å²) in [5.74, 6) is -1.75. The molecule has 2 aliphatic carbocycles. The van der Waals surface area contributed by atoms with Crippen molar-refractivity contribution in [3.8, 4) is 11.1 Å². The Morgan fingerprint density at radius 1 is 1.03 bits per heavy atom. The average molecular weight is 449 g/mol. The summed E-state index contributed by atoms with van der Waals surface area (Å²) in [6.07, 6.45) is 3.07. The number of carbonyl (C=O) groups excluding carboxylic acids is 2. The van der Waals surface area contributed by atoms with Crippen molar-refractivity contribution in [1.82, 2.24) is 10.6 Å². The molecule has 2 aliphatic rings. The molecule has 0 unspecified atom stereocenters. The van der Waals surface area contributed by atoms with E-state index in [0.29, 0.717) is 18.4 Å². The second kappa shape index (κ2) is 9.90. The van der Waals surface area contributed by atoms with E-state index in [1.54, 1.807) is 13.0 Å². The number of amides is 2. The number of nitrogens with one attached hydrogen (secondary N) is 2. The molecule has 0 spiro atoms. The molecule has 0 aromatic heterocycles. The number of fused-ring (bicyclic) bond motifs is 3. The zero-order chi connectivity index (χ0) is 23.4. The number of alkyl carbamates (subject to hydrolysis) is 1. The van der Waals surface area contributed by atoms with Crippen molar-refractivity contribution in [2.75, 3.05) is 13.2 Å². The Balaban J connectivity index is 1.27. The second-order valence-corrected chi connectivity index (χ2v) is 8.55. The zero-order valence-electron chi connectivity index (χ0n) is 18.5. The highest BCUT2D eigenvalue weighted by molar-refractivity contribution is 5.93. The van der Waals surface area contributed by atoms with E-state index in [4.69, 9.17) is 4.74 Å². The first-order chi connectivity index (χ1) is 16.0. The van der Waals surface area contributed by atoms with Crippen LogP contribution in [0.3, 0.4) is 0 Å². The van der Waals surface area contributed by atoms with Crippen LogP contribution in [-0.4, -0.2) is 42.3 Å². The summed E-state index contributed by atoms with van der Waals surface area (Å²) in [5, 5.41) is 14.7. The van der Waals surface area contributed by atoms with Crippen molar-refractivity contribution < 1.29 is 24.2 Å². The standard InChI is InChI=1S/C26H28N2O5/c1-16(24(29)28-23-12-6-11-21(23)25(30)31)13-14-27-26(32)33-15-22-19-9-4-2-7-17(19)18-8-3-5-10-20(18)22/h2-5,7-10,13,21-23H,6,11-12,14-15H2,1H3,(H,27,32)(H,28,29)(H,30,31)/b16-13+/t21-,23+/m0/s1. The van der Waals surface area contributed by atoms with Gasteiger partial charge in [0.2, 0.25) is 5.91 Å². The Morgan fingerprint density at radius 3 is 2.30 bits per heavy atom. The van der Waals surface area contributed by atoms with Crippen LogP contribution >= 0.6 is 0 Å². The maximum absolute atomic E-state index is 12.4. The summed E-state index contributed by atoms with van der Waals surface area (Å²) in [6.45, 7) is 2.00. The van der Waals surface area contributed by atoms with Crippen LogP contribution in [0.5, 0.6) is 0 Å². The van der Waals surface area contributed by atoms with Crippen molar-refractivity contribution in [2.24, 2.45) is 5.92 Å². The van der Waals surface area contributed by atoms with Gasteiger partial charge in [-0.3, -0.25) is 9.59 Å². The minimum atomic E-state index is -0.878. The van der Waals surface area contributed by atoms with Crippen LogP contribution in [0.4, 0.5) is 4.79 Å². The molecular formula is C26H28N2O5. The summed E-state index contributed by atoms with van der Waals surface area (Å²) >= 11 is 0. The van der Waals surface area contributed by atoms with Gasteiger partial charge in [-0.05, 0) is 42.0 Å². The van der Waals surface area contributed by atoms with Gasteiger partial charge in [-0.2, -0.15) is 0 Å². The lowest BCUT2D eigenvalue weighted by molar-refractivity contribution is -0.142. The van der Waals surface area contributed by atoms with Crippen molar-refractivity contribution in [1.29, 1.82) is 0 Å². The largest absolute Gasteiger partial charge is 0.481 e. The van der Waals surface area contributed by atoms with Crippen LogP contribution in [0, 0.1) is 5.92 Å². The van der Waals surface area contributed by atoms with Crippen LogP contribution in [0.1, 0.15) is 43.2 Å². The summed E-state index contributed by atoms with van der Waals surface area (Å²) in [6, 6.07) is 15.9. The van der Waals surface area contributed by atoms with E-state index in [1.165, 1.54) is 11.1 Å². The van der Waals surface area contributed by atoms with Crippen LogP contribution in [0.25, 0.3) is 11.1 Å². The number of aliphatic carboxylic acids is 1. The highest BCUT2D eigenvalue weighted by atomic mass is 16.5. The van der Waals surface area contributed by atoms with Gasteiger partial charge in [0.1, 0.15) is 6.61 Å². The molecule has 3 N–H and O–H groups in total. The molecule has 2 atom stereocenters. The SMILES string of the molecule is C/C(=C\CNC(=O)OCC1c2ccccc2-c2ccccc21)C(=O)N[C@@H]1CCC[C@@H]1C(=O)O. The first-order valence-corrected chi connectivity index (χ1v) is 11.2. The van der Waals surface area contributed by atoms with Crippen LogP contribution < -0.4 is 10.6 Å². The number of carbonyl (C=O) groups is 3. The number of benzene rings is 2. The third-order valence-electron chi connectivity index (χ3n) is 6.51. The summed E-state index contributed by atoms with van der Waals surface area (Å²) < 4.78 is 5.48. The fourth-order valence-electron chi connectivity index (χ4n) is 4.74. The minimum absolute atomic E-state index is 0.0141. The lowest BCUT2D eigenvalue weighted by Crippen LogP contribution is -2.40. The molecule has 0 bridgehead atoms. The van der Waals surface area contributed by atoms with Crippen molar-refractivity contribution in [3.05, 3.63) is 71.3 Å². The van der Waals surface area contributed by atoms with Crippen molar-refractivity contribution in [2.45, 2.75) is 38.1 Å². The minimum Gasteiger partial charge on any atom is -0.481 e. The molecule has 2 aromatic rings. The molecule has 33 heavy (non-hydrogen) atoms. The smallest absolute Gasteiger partial charge is 0.407 e. The summed E-state index contributed by atoms with van der Waals surface area (Å²) in [5.41, 5.74) is 5.04. The van der Waals surface area contributed by atoms with Gasteiger partial charge in [0, 0.05) is 24.1 Å². The van der Waals surface area contributed by atoms with E-state index in [9.17, 15) is 19.5 Å². The number of hydrogen-bond acceptors (Lipinski definition) is 4. The van der Waals surface area contributed by atoms with Gasteiger partial charge in [-0.15, -0.1) is 0 Å². The van der Waals surface area contributed by atoms with E-state index in [-0.39, 0.29) is 31.0 Å². The van der Waals surface area contributed by atoms with E-state index >= 15 is 0 Å². The predicted molar refractivity (Wildman–Crippen MR) is 124 cm³/mol. The molecule has 172 valence electrons. The highest BCUT2D eigenvalue weighted by Crippen LogP contribution is 2.44.